The molecule has 0 amide bonds. The van der Waals surface area contributed by atoms with Crippen molar-refractivity contribution >= 4 is 0 Å². The molecule has 0 radical (unpaired) electrons. The molecule has 1 aromatic heterocycles. The van der Waals surface area contributed by atoms with E-state index in [1.165, 1.54) is 0 Å². The second-order valence-corrected chi connectivity index (χ2v) is 3.10. The number of hydrogen-bond donors (Lipinski definition) is 0. The molecule has 1 rings (SSSR count). The van der Waals surface area contributed by atoms with Gasteiger partial charge in [0.1, 0.15) is 12.4 Å². The Hall–Kier alpha value is -1.83. The van der Waals surface area contributed by atoms with Gasteiger partial charge in [0.2, 0.25) is 0 Å². The van der Waals surface area contributed by atoms with E-state index in [1.54, 1.807) is 18.3 Å². The molecule has 2 nitrogen and oxygen atoms in total. The monoisotopic (exact) mass is 201 g/mol. The molecule has 0 aromatic carbocycles. The molecular formula is C13H15NO. The Labute approximate surface area is 90.6 Å². The molecule has 1 heterocycles. The van der Waals surface area contributed by atoms with E-state index in [2.05, 4.69) is 18.1 Å². The average molecular weight is 201 g/mol. The maximum Gasteiger partial charge on any atom is 0.123 e. The summed E-state index contributed by atoms with van der Waals surface area (Å²) in [5.74, 6) is 0.819. The van der Waals surface area contributed by atoms with Crippen molar-refractivity contribution in [2.45, 2.75) is 6.92 Å². The number of aromatic nitrogens is 1. The summed E-state index contributed by atoms with van der Waals surface area (Å²) in [7, 11) is 0. The van der Waals surface area contributed by atoms with E-state index in [1.807, 2.05) is 25.1 Å². The van der Waals surface area contributed by atoms with Crippen LogP contribution in [-0.2, 0) is 0 Å². The molecule has 78 valence electrons. The molecule has 1 aromatic rings. The lowest BCUT2D eigenvalue weighted by atomic mass is 10.2. The van der Waals surface area contributed by atoms with Gasteiger partial charge in [-0.3, -0.25) is 4.98 Å². The topological polar surface area (TPSA) is 22.1 Å². The average Bonchev–Trinajstić information content (AvgIpc) is 2.24. The number of allylic oxidation sites excluding steroid dienone is 2. The summed E-state index contributed by atoms with van der Waals surface area (Å²) in [5.41, 5.74) is 1.94. The number of pyridine rings is 1. The van der Waals surface area contributed by atoms with Gasteiger partial charge in [0, 0.05) is 18.0 Å². The first-order chi connectivity index (χ1) is 7.26. The number of aryl methyl sites for hydroxylation is 1. The Morgan fingerprint density at radius 2 is 2.33 bits per heavy atom. The van der Waals surface area contributed by atoms with Crippen LogP contribution >= 0.6 is 0 Å². The van der Waals surface area contributed by atoms with Crippen molar-refractivity contribution in [1.82, 2.24) is 4.98 Å². The minimum Gasteiger partial charge on any atom is -0.489 e. The van der Waals surface area contributed by atoms with Crippen molar-refractivity contribution in [1.29, 1.82) is 0 Å². The molecule has 2 heteroatoms. The third-order valence-electron chi connectivity index (χ3n) is 1.87. The van der Waals surface area contributed by atoms with Gasteiger partial charge in [0.05, 0.1) is 0 Å². The van der Waals surface area contributed by atoms with E-state index in [0.29, 0.717) is 6.61 Å². The first kappa shape index (κ1) is 11.2. The fourth-order valence-corrected chi connectivity index (χ4v) is 1.10. The summed E-state index contributed by atoms with van der Waals surface area (Å²) < 4.78 is 5.57. The lowest BCUT2D eigenvalue weighted by Crippen LogP contribution is -1.99. The lowest BCUT2D eigenvalue weighted by molar-refractivity contribution is 0.355. The van der Waals surface area contributed by atoms with Gasteiger partial charge in [-0.1, -0.05) is 31.4 Å². The summed E-state index contributed by atoms with van der Waals surface area (Å²) in [5, 5.41) is 0. The van der Waals surface area contributed by atoms with Crippen LogP contribution in [0, 0.1) is 6.92 Å². The Bertz CT molecular complexity index is 380. The molecule has 15 heavy (non-hydrogen) atoms. The predicted molar refractivity (Wildman–Crippen MR) is 62.9 cm³/mol. The molecule has 0 aliphatic carbocycles. The van der Waals surface area contributed by atoms with Gasteiger partial charge in [-0.15, -0.1) is 0 Å². The molecule has 0 spiro atoms. The molecule has 0 bridgehead atoms. The van der Waals surface area contributed by atoms with Crippen molar-refractivity contribution in [3.05, 3.63) is 61.0 Å². The highest BCUT2D eigenvalue weighted by Crippen LogP contribution is 2.11. The number of nitrogens with zero attached hydrogens (tertiary/aromatic N) is 1. The molecule has 0 unspecified atom stereocenters. The SMILES string of the molecule is C=C/C=C(\C=C)COc1ccnc(C)c1. The zero-order valence-electron chi connectivity index (χ0n) is 8.94. The highest BCUT2D eigenvalue weighted by atomic mass is 16.5. The second kappa shape index (κ2) is 5.81. The minimum absolute atomic E-state index is 0.499. The maximum atomic E-state index is 5.57. The molecular weight excluding hydrogens is 186 g/mol. The van der Waals surface area contributed by atoms with Crippen LogP contribution < -0.4 is 4.74 Å². The fourth-order valence-electron chi connectivity index (χ4n) is 1.10. The third kappa shape index (κ3) is 3.81. The number of hydrogen-bond acceptors (Lipinski definition) is 2. The van der Waals surface area contributed by atoms with E-state index in [4.69, 9.17) is 4.74 Å². The van der Waals surface area contributed by atoms with E-state index >= 15 is 0 Å². The third-order valence-corrected chi connectivity index (χ3v) is 1.87. The summed E-state index contributed by atoms with van der Waals surface area (Å²) in [6, 6.07) is 3.73. The van der Waals surface area contributed by atoms with E-state index in [9.17, 15) is 0 Å². The second-order valence-electron chi connectivity index (χ2n) is 3.10. The van der Waals surface area contributed by atoms with Crippen LogP contribution in [0.4, 0.5) is 0 Å². The molecule has 0 fully saturated rings. The predicted octanol–water partition coefficient (Wildman–Crippen LogP) is 3.07. The van der Waals surface area contributed by atoms with Crippen molar-refractivity contribution in [3.63, 3.8) is 0 Å². The maximum absolute atomic E-state index is 5.57. The van der Waals surface area contributed by atoms with Gasteiger partial charge in [-0.25, -0.2) is 0 Å². The molecule has 0 atom stereocenters. The Morgan fingerprint density at radius 3 is 2.93 bits per heavy atom. The Balaban J connectivity index is 2.60. The van der Waals surface area contributed by atoms with Crippen LogP contribution in [-0.4, -0.2) is 11.6 Å². The van der Waals surface area contributed by atoms with Crippen LogP contribution in [0.5, 0.6) is 5.75 Å². The van der Waals surface area contributed by atoms with E-state index in [-0.39, 0.29) is 0 Å². The van der Waals surface area contributed by atoms with Crippen LogP contribution in [0.2, 0.25) is 0 Å². The van der Waals surface area contributed by atoms with Gasteiger partial charge in [0.25, 0.3) is 0 Å². The number of rotatable bonds is 5. The van der Waals surface area contributed by atoms with E-state index < -0.39 is 0 Å². The molecule has 0 aliphatic rings. The molecule has 0 N–H and O–H groups in total. The van der Waals surface area contributed by atoms with Gasteiger partial charge in [-0.2, -0.15) is 0 Å². The summed E-state index contributed by atoms with van der Waals surface area (Å²) in [6.07, 6.45) is 7.09. The standard InChI is InChI=1S/C13H15NO/c1-4-6-12(5-2)10-15-13-7-8-14-11(3)9-13/h4-9H,1-2,10H2,3H3/b12-6+. The highest BCUT2D eigenvalue weighted by Gasteiger charge is 1.95. The van der Waals surface area contributed by atoms with Crippen LogP contribution in [0.15, 0.2) is 55.3 Å². The first-order valence-electron chi connectivity index (χ1n) is 4.75. The first-order valence-corrected chi connectivity index (χ1v) is 4.75. The van der Waals surface area contributed by atoms with Crippen molar-refractivity contribution in [2.75, 3.05) is 6.61 Å². The fraction of sp³-hybridized carbons (Fsp3) is 0.154. The Kier molecular flexibility index (Phi) is 4.35. The van der Waals surface area contributed by atoms with Crippen molar-refractivity contribution < 1.29 is 4.74 Å². The molecule has 0 saturated carbocycles. The van der Waals surface area contributed by atoms with Crippen LogP contribution in [0.3, 0.4) is 0 Å². The van der Waals surface area contributed by atoms with Crippen LogP contribution in [0.1, 0.15) is 5.69 Å². The smallest absolute Gasteiger partial charge is 0.123 e. The Morgan fingerprint density at radius 1 is 1.53 bits per heavy atom. The largest absolute Gasteiger partial charge is 0.489 e. The normalized spacial score (nSPS) is 10.9. The highest BCUT2D eigenvalue weighted by molar-refractivity contribution is 5.25. The van der Waals surface area contributed by atoms with Crippen molar-refractivity contribution in [3.8, 4) is 5.75 Å². The van der Waals surface area contributed by atoms with Gasteiger partial charge in [0.15, 0.2) is 0 Å². The number of ether oxygens (including phenoxy) is 1. The lowest BCUT2D eigenvalue weighted by Gasteiger charge is -2.06. The quantitative estimate of drug-likeness (QED) is 0.683. The molecule has 0 aliphatic heterocycles. The van der Waals surface area contributed by atoms with E-state index in [0.717, 1.165) is 17.0 Å². The van der Waals surface area contributed by atoms with Gasteiger partial charge >= 0.3 is 0 Å². The summed E-state index contributed by atoms with van der Waals surface area (Å²) in [6.45, 7) is 9.76. The molecule has 0 saturated heterocycles. The van der Waals surface area contributed by atoms with Gasteiger partial charge < -0.3 is 4.74 Å². The zero-order valence-corrected chi connectivity index (χ0v) is 8.94. The minimum atomic E-state index is 0.499. The van der Waals surface area contributed by atoms with Crippen LogP contribution in [0.25, 0.3) is 0 Å². The summed E-state index contributed by atoms with van der Waals surface area (Å²) in [4.78, 5) is 4.09. The zero-order chi connectivity index (χ0) is 11.1. The van der Waals surface area contributed by atoms with Crippen molar-refractivity contribution in [2.24, 2.45) is 0 Å². The summed E-state index contributed by atoms with van der Waals surface area (Å²) >= 11 is 0. The van der Waals surface area contributed by atoms with Gasteiger partial charge in [-0.05, 0) is 18.6 Å².